The molecule has 110 valence electrons. The van der Waals surface area contributed by atoms with E-state index in [9.17, 15) is 4.79 Å². The topological polar surface area (TPSA) is 56.8 Å². The number of carbonyl (C=O) groups is 1. The molecule has 0 bridgehead atoms. The van der Waals surface area contributed by atoms with E-state index in [0.29, 0.717) is 36.7 Å². The van der Waals surface area contributed by atoms with Gasteiger partial charge in [-0.25, -0.2) is 0 Å². The van der Waals surface area contributed by atoms with Crippen LogP contribution in [0.1, 0.15) is 23.7 Å². The van der Waals surface area contributed by atoms with Crippen LogP contribution < -0.4 is 14.8 Å². The zero-order valence-electron chi connectivity index (χ0n) is 12.1. The number of hydrogen-bond acceptors (Lipinski definition) is 5. The predicted molar refractivity (Wildman–Crippen MR) is 75.7 cm³/mol. The van der Waals surface area contributed by atoms with Gasteiger partial charge >= 0.3 is 0 Å². The molecule has 1 saturated heterocycles. The molecule has 1 fully saturated rings. The summed E-state index contributed by atoms with van der Waals surface area (Å²) < 4.78 is 15.9. The molecule has 1 aliphatic heterocycles. The SMILES string of the molecule is COc1ccc(C(=O)CC2COCC(C)N2)c(OC)c1. The number of hydrogen-bond donors (Lipinski definition) is 1. The summed E-state index contributed by atoms with van der Waals surface area (Å²) in [5.74, 6) is 1.25. The van der Waals surface area contributed by atoms with Crippen LogP contribution in [-0.4, -0.2) is 45.3 Å². The third-order valence-electron chi connectivity index (χ3n) is 3.35. The maximum absolute atomic E-state index is 12.4. The molecular weight excluding hydrogens is 258 g/mol. The number of methoxy groups -OCH3 is 2. The van der Waals surface area contributed by atoms with Gasteiger partial charge in [-0.1, -0.05) is 0 Å². The summed E-state index contributed by atoms with van der Waals surface area (Å²) in [5, 5.41) is 3.37. The zero-order chi connectivity index (χ0) is 14.5. The molecule has 0 aliphatic carbocycles. The summed E-state index contributed by atoms with van der Waals surface area (Å²) >= 11 is 0. The lowest BCUT2D eigenvalue weighted by Gasteiger charge is -2.28. The van der Waals surface area contributed by atoms with Crippen molar-refractivity contribution in [3.05, 3.63) is 23.8 Å². The molecule has 5 nitrogen and oxygen atoms in total. The fourth-order valence-electron chi connectivity index (χ4n) is 2.37. The number of morpholine rings is 1. The van der Waals surface area contributed by atoms with Crippen LogP contribution in [0.4, 0.5) is 0 Å². The summed E-state index contributed by atoms with van der Waals surface area (Å²) in [7, 11) is 3.14. The molecule has 20 heavy (non-hydrogen) atoms. The van der Waals surface area contributed by atoms with Crippen molar-refractivity contribution < 1.29 is 19.0 Å². The molecule has 1 N–H and O–H groups in total. The van der Waals surface area contributed by atoms with Crippen molar-refractivity contribution in [3.63, 3.8) is 0 Å². The lowest BCUT2D eigenvalue weighted by Crippen LogP contribution is -2.48. The molecule has 0 radical (unpaired) electrons. The number of ketones is 1. The molecule has 1 aliphatic rings. The maximum Gasteiger partial charge on any atom is 0.168 e. The van der Waals surface area contributed by atoms with Crippen molar-refractivity contribution in [1.29, 1.82) is 0 Å². The number of carbonyl (C=O) groups excluding carboxylic acids is 1. The highest BCUT2D eigenvalue weighted by atomic mass is 16.5. The van der Waals surface area contributed by atoms with Crippen LogP contribution in [-0.2, 0) is 4.74 Å². The Morgan fingerprint density at radius 3 is 2.80 bits per heavy atom. The first-order valence-electron chi connectivity index (χ1n) is 6.73. The minimum atomic E-state index is 0.0414. The van der Waals surface area contributed by atoms with Crippen molar-refractivity contribution in [3.8, 4) is 11.5 Å². The number of benzene rings is 1. The number of rotatable bonds is 5. The summed E-state index contributed by atoms with van der Waals surface area (Å²) in [5.41, 5.74) is 0.577. The summed E-state index contributed by atoms with van der Waals surface area (Å²) in [4.78, 5) is 12.4. The first-order chi connectivity index (χ1) is 9.63. The van der Waals surface area contributed by atoms with E-state index in [2.05, 4.69) is 5.32 Å². The Bertz CT molecular complexity index is 475. The van der Waals surface area contributed by atoms with Crippen LogP contribution >= 0.6 is 0 Å². The van der Waals surface area contributed by atoms with E-state index in [1.165, 1.54) is 0 Å². The van der Waals surface area contributed by atoms with E-state index >= 15 is 0 Å². The highest BCUT2D eigenvalue weighted by Gasteiger charge is 2.23. The average molecular weight is 279 g/mol. The molecule has 0 spiro atoms. The predicted octanol–water partition coefficient (Wildman–Crippen LogP) is 1.65. The molecular formula is C15H21NO4. The van der Waals surface area contributed by atoms with Crippen LogP contribution in [0.25, 0.3) is 0 Å². The van der Waals surface area contributed by atoms with Crippen molar-refractivity contribution >= 4 is 5.78 Å². The van der Waals surface area contributed by atoms with Crippen molar-refractivity contribution in [1.82, 2.24) is 5.32 Å². The second kappa shape index (κ2) is 6.72. The number of Topliss-reactive ketones (excluding diaryl/α,β-unsaturated/α-hetero) is 1. The highest BCUT2D eigenvalue weighted by Crippen LogP contribution is 2.26. The van der Waals surface area contributed by atoms with Gasteiger partial charge in [-0.3, -0.25) is 4.79 Å². The van der Waals surface area contributed by atoms with Crippen molar-refractivity contribution in [2.75, 3.05) is 27.4 Å². The normalized spacial score (nSPS) is 22.4. The molecule has 0 saturated carbocycles. The van der Waals surface area contributed by atoms with Crippen LogP contribution in [0, 0.1) is 0 Å². The molecule has 0 aromatic heterocycles. The van der Waals surface area contributed by atoms with E-state index in [-0.39, 0.29) is 17.9 Å². The minimum absolute atomic E-state index is 0.0414. The van der Waals surface area contributed by atoms with Gasteiger partial charge in [0.15, 0.2) is 5.78 Å². The number of ether oxygens (including phenoxy) is 3. The van der Waals surface area contributed by atoms with Gasteiger partial charge in [0.25, 0.3) is 0 Å². The van der Waals surface area contributed by atoms with Gasteiger partial charge < -0.3 is 19.5 Å². The van der Waals surface area contributed by atoms with E-state index in [4.69, 9.17) is 14.2 Å². The van der Waals surface area contributed by atoms with Crippen molar-refractivity contribution in [2.24, 2.45) is 0 Å². The van der Waals surface area contributed by atoms with Gasteiger partial charge in [0.05, 0.1) is 33.0 Å². The van der Waals surface area contributed by atoms with Gasteiger partial charge in [0, 0.05) is 24.6 Å². The Balaban J connectivity index is 2.08. The van der Waals surface area contributed by atoms with E-state index in [1.54, 1.807) is 32.4 Å². The fraction of sp³-hybridized carbons (Fsp3) is 0.533. The summed E-state index contributed by atoms with van der Waals surface area (Å²) in [6.07, 6.45) is 0.396. The lowest BCUT2D eigenvalue weighted by molar-refractivity contribution is 0.0463. The molecule has 1 heterocycles. The van der Waals surface area contributed by atoms with E-state index < -0.39 is 0 Å². The molecule has 2 rings (SSSR count). The van der Waals surface area contributed by atoms with Crippen LogP contribution in [0.3, 0.4) is 0 Å². The first kappa shape index (κ1) is 14.8. The van der Waals surface area contributed by atoms with Crippen molar-refractivity contribution in [2.45, 2.75) is 25.4 Å². The second-order valence-electron chi connectivity index (χ2n) is 5.00. The molecule has 2 unspecified atom stereocenters. The Hall–Kier alpha value is -1.59. The van der Waals surface area contributed by atoms with Crippen LogP contribution in [0.5, 0.6) is 11.5 Å². The van der Waals surface area contributed by atoms with Gasteiger partial charge in [-0.2, -0.15) is 0 Å². The van der Waals surface area contributed by atoms with Crippen LogP contribution in [0.2, 0.25) is 0 Å². The Morgan fingerprint density at radius 1 is 1.35 bits per heavy atom. The Labute approximate surface area is 119 Å². The minimum Gasteiger partial charge on any atom is -0.497 e. The first-order valence-corrected chi connectivity index (χ1v) is 6.73. The maximum atomic E-state index is 12.4. The summed E-state index contributed by atoms with van der Waals surface area (Å²) in [6.45, 7) is 3.30. The Morgan fingerprint density at radius 2 is 2.15 bits per heavy atom. The van der Waals surface area contributed by atoms with Gasteiger partial charge in [0.2, 0.25) is 0 Å². The summed E-state index contributed by atoms with van der Waals surface area (Å²) in [6, 6.07) is 5.56. The number of nitrogens with one attached hydrogen (secondary N) is 1. The van der Waals surface area contributed by atoms with Crippen LogP contribution in [0.15, 0.2) is 18.2 Å². The largest absolute Gasteiger partial charge is 0.497 e. The van der Waals surface area contributed by atoms with Gasteiger partial charge in [-0.05, 0) is 19.1 Å². The zero-order valence-corrected chi connectivity index (χ0v) is 12.1. The highest BCUT2D eigenvalue weighted by molar-refractivity contribution is 5.99. The molecule has 1 aromatic carbocycles. The lowest BCUT2D eigenvalue weighted by atomic mass is 10.0. The van der Waals surface area contributed by atoms with Gasteiger partial charge in [-0.15, -0.1) is 0 Å². The Kier molecular flexibility index (Phi) is 4.98. The van der Waals surface area contributed by atoms with E-state index in [0.717, 1.165) is 0 Å². The van der Waals surface area contributed by atoms with Gasteiger partial charge in [0.1, 0.15) is 11.5 Å². The molecule has 1 aromatic rings. The third-order valence-corrected chi connectivity index (χ3v) is 3.35. The molecule has 0 amide bonds. The second-order valence-corrected chi connectivity index (χ2v) is 5.00. The quantitative estimate of drug-likeness (QED) is 0.831. The monoisotopic (exact) mass is 279 g/mol. The molecule has 2 atom stereocenters. The average Bonchev–Trinajstić information content (AvgIpc) is 2.46. The fourth-order valence-corrected chi connectivity index (χ4v) is 2.37. The van der Waals surface area contributed by atoms with E-state index in [1.807, 2.05) is 6.92 Å². The smallest absolute Gasteiger partial charge is 0.168 e. The third kappa shape index (κ3) is 3.49. The molecule has 5 heteroatoms. The standard InChI is InChI=1S/C15H21NO4/c1-10-8-20-9-11(16-10)6-14(17)13-5-4-12(18-2)7-15(13)19-3/h4-5,7,10-11,16H,6,8-9H2,1-3H3.